The number of hydrogen-bond donors (Lipinski definition) is 0. The monoisotopic (exact) mass is 503 g/mol. The van der Waals surface area contributed by atoms with Crippen molar-refractivity contribution in [2.45, 2.75) is 0 Å². The summed E-state index contributed by atoms with van der Waals surface area (Å²) in [6.07, 6.45) is 0. The molecule has 0 radical (unpaired) electrons. The molecule has 0 saturated carbocycles. The standard InChI is InChI=1S/C36H25NS/c1-3-9-26(10-4-1)28-15-19-30(20-16-28)37(31-21-17-29(18-22-31)27-11-5-2-6-12-27)32-23-24-36-34(25-32)33-13-7-8-14-35(33)38-36/h1-25H. The molecule has 0 bridgehead atoms. The van der Waals surface area contributed by atoms with E-state index in [1.165, 1.54) is 42.4 Å². The zero-order chi connectivity index (χ0) is 25.3. The van der Waals surface area contributed by atoms with Gasteiger partial charge < -0.3 is 4.90 Å². The summed E-state index contributed by atoms with van der Waals surface area (Å²) in [7, 11) is 0. The highest BCUT2D eigenvalue weighted by molar-refractivity contribution is 7.25. The topological polar surface area (TPSA) is 3.24 Å². The fraction of sp³-hybridized carbons (Fsp3) is 0. The Hall–Kier alpha value is -4.66. The Bertz CT molecular complexity index is 1750. The molecule has 7 aromatic rings. The number of benzene rings is 6. The van der Waals surface area contributed by atoms with Crippen LogP contribution in [0.1, 0.15) is 0 Å². The average molecular weight is 504 g/mol. The van der Waals surface area contributed by atoms with Crippen LogP contribution in [0.15, 0.2) is 152 Å². The fourth-order valence-electron chi connectivity index (χ4n) is 5.17. The second kappa shape index (κ2) is 9.66. The Morgan fingerprint density at radius 2 is 0.789 bits per heavy atom. The lowest BCUT2D eigenvalue weighted by Crippen LogP contribution is -2.09. The predicted octanol–water partition coefficient (Wildman–Crippen LogP) is 10.9. The van der Waals surface area contributed by atoms with E-state index in [0.29, 0.717) is 0 Å². The molecule has 0 atom stereocenters. The summed E-state index contributed by atoms with van der Waals surface area (Å²) in [4.78, 5) is 2.36. The van der Waals surface area contributed by atoms with Crippen LogP contribution in [0.4, 0.5) is 17.1 Å². The maximum absolute atomic E-state index is 2.36. The van der Waals surface area contributed by atoms with Gasteiger partial charge in [-0.25, -0.2) is 0 Å². The Morgan fingerprint density at radius 1 is 0.342 bits per heavy atom. The van der Waals surface area contributed by atoms with E-state index in [1.807, 2.05) is 11.3 Å². The number of fused-ring (bicyclic) bond motifs is 3. The lowest BCUT2D eigenvalue weighted by Gasteiger charge is -2.26. The summed E-state index contributed by atoms with van der Waals surface area (Å²) in [6, 6.07) is 54.4. The van der Waals surface area contributed by atoms with E-state index in [-0.39, 0.29) is 0 Å². The Morgan fingerprint density at radius 3 is 1.37 bits per heavy atom. The van der Waals surface area contributed by atoms with Gasteiger partial charge in [0.25, 0.3) is 0 Å². The maximum Gasteiger partial charge on any atom is 0.0468 e. The van der Waals surface area contributed by atoms with E-state index in [9.17, 15) is 0 Å². The van der Waals surface area contributed by atoms with Gasteiger partial charge in [-0.15, -0.1) is 11.3 Å². The molecule has 2 heteroatoms. The molecule has 0 aliphatic carbocycles. The van der Waals surface area contributed by atoms with Gasteiger partial charge in [-0.05, 0) is 70.8 Å². The fourth-order valence-corrected chi connectivity index (χ4v) is 6.25. The van der Waals surface area contributed by atoms with E-state index in [2.05, 4.69) is 157 Å². The summed E-state index contributed by atoms with van der Waals surface area (Å²) in [6.45, 7) is 0. The van der Waals surface area contributed by atoms with Crippen molar-refractivity contribution >= 4 is 48.6 Å². The van der Waals surface area contributed by atoms with Crippen LogP contribution in [0.5, 0.6) is 0 Å². The molecular formula is C36H25NS. The summed E-state index contributed by atoms with van der Waals surface area (Å²) >= 11 is 1.85. The average Bonchev–Trinajstić information content (AvgIpc) is 3.37. The van der Waals surface area contributed by atoms with Gasteiger partial charge in [0.1, 0.15) is 0 Å². The van der Waals surface area contributed by atoms with Crippen LogP contribution >= 0.6 is 11.3 Å². The van der Waals surface area contributed by atoms with Crippen molar-refractivity contribution in [1.29, 1.82) is 0 Å². The lowest BCUT2D eigenvalue weighted by atomic mass is 10.0. The van der Waals surface area contributed by atoms with Crippen LogP contribution in [-0.2, 0) is 0 Å². The lowest BCUT2D eigenvalue weighted by molar-refractivity contribution is 1.29. The molecule has 6 aromatic carbocycles. The van der Waals surface area contributed by atoms with Crippen LogP contribution < -0.4 is 4.90 Å². The summed E-state index contributed by atoms with van der Waals surface area (Å²) in [5, 5.41) is 2.61. The van der Waals surface area contributed by atoms with Gasteiger partial charge in [0.15, 0.2) is 0 Å². The maximum atomic E-state index is 2.36. The third-order valence-corrected chi connectivity index (χ3v) is 8.24. The molecule has 0 amide bonds. The minimum atomic E-state index is 1.14. The zero-order valence-electron chi connectivity index (χ0n) is 20.8. The molecule has 0 aliphatic rings. The molecule has 0 unspecified atom stereocenters. The molecule has 0 aliphatic heterocycles. The molecule has 0 saturated heterocycles. The highest BCUT2D eigenvalue weighted by atomic mass is 32.1. The van der Waals surface area contributed by atoms with Crippen molar-refractivity contribution < 1.29 is 0 Å². The molecule has 1 nitrogen and oxygen atoms in total. The number of hydrogen-bond acceptors (Lipinski definition) is 2. The van der Waals surface area contributed by atoms with Gasteiger partial charge in [-0.3, -0.25) is 0 Å². The minimum absolute atomic E-state index is 1.14. The molecular weight excluding hydrogens is 478 g/mol. The van der Waals surface area contributed by atoms with Gasteiger partial charge in [-0.1, -0.05) is 103 Å². The van der Waals surface area contributed by atoms with Gasteiger partial charge in [0.2, 0.25) is 0 Å². The summed E-state index contributed by atoms with van der Waals surface area (Å²) in [5.74, 6) is 0. The first-order valence-corrected chi connectivity index (χ1v) is 13.7. The number of nitrogens with zero attached hydrogens (tertiary/aromatic N) is 1. The quantitative estimate of drug-likeness (QED) is 0.226. The van der Waals surface area contributed by atoms with E-state index in [1.54, 1.807) is 0 Å². The van der Waals surface area contributed by atoms with Crippen molar-refractivity contribution in [3.63, 3.8) is 0 Å². The van der Waals surface area contributed by atoms with Crippen LogP contribution in [0.2, 0.25) is 0 Å². The molecule has 7 rings (SSSR count). The van der Waals surface area contributed by atoms with Gasteiger partial charge in [-0.2, -0.15) is 0 Å². The zero-order valence-corrected chi connectivity index (χ0v) is 21.6. The van der Waals surface area contributed by atoms with Crippen molar-refractivity contribution in [2.24, 2.45) is 0 Å². The van der Waals surface area contributed by atoms with Gasteiger partial charge in [0.05, 0.1) is 0 Å². The van der Waals surface area contributed by atoms with Crippen LogP contribution in [0.3, 0.4) is 0 Å². The van der Waals surface area contributed by atoms with E-state index >= 15 is 0 Å². The highest BCUT2D eigenvalue weighted by Crippen LogP contribution is 2.41. The molecule has 1 heterocycles. The molecule has 0 N–H and O–H groups in total. The first-order valence-electron chi connectivity index (χ1n) is 12.9. The Labute approximate surface area is 226 Å². The normalized spacial score (nSPS) is 11.2. The summed E-state index contributed by atoms with van der Waals surface area (Å²) in [5.41, 5.74) is 8.31. The third-order valence-electron chi connectivity index (χ3n) is 7.08. The molecule has 0 spiro atoms. The molecule has 0 fully saturated rings. The van der Waals surface area contributed by atoms with Gasteiger partial charge >= 0.3 is 0 Å². The SMILES string of the molecule is c1ccc(-c2ccc(N(c3ccc(-c4ccccc4)cc3)c3ccc4sc5ccccc5c4c3)cc2)cc1. The van der Waals surface area contributed by atoms with Crippen LogP contribution in [0, 0.1) is 0 Å². The minimum Gasteiger partial charge on any atom is -0.310 e. The number of rotatable bonds is 5. The second-order valence-corrected chi connectivity index (χ2v) is 10.5. The summed E-state index contributed by atoms with van der Waals surface area (Å²) < 4.78 is 2.64. The highest BCUT2D eigenvalue weighted by Gasteiger charge is 2.15. The third kappa shape index (κ3) is 4.15. The van der Waals surface area contributed by atoms with E-state index in [0.717, 1.165) is 17.1 Å². The largest absolute Gasteiger partial charge is 0.310 e. The van der Waals surface area contributed by atoms with Gasteiger partial charge in [0, 0.05) is 37.2 Å². The van der Waals surface area contributed by atoms with Crippen LogP contribution in [-0.4, -0.2) is 0 Å². The number of thiophene rings is 1. The molecule has 180 valence electrons. The van der Waals surface area contributed by atoms with E-state index < -0.39 is 0 Å². The predicted molar refractivity (Wildman–Crippen MR) is 165 cm³/mol. The van der Waals surface area contributed by atoms with Crippen LogP contribution in [0.25, 0.3) is 42.4 Å². The van der Waals surface area contributed by atoms with Crippen molar-refractivity contribution in [3.8, 4) is 22.3 Å². The molecule has 1 aromatic heterocycles. The van der Waals surface area contributed by atoms with Crippen molar-refractivity contribution in [3.05, 3.63) is 152 Å². The van der Waals surface area contributed by atoms with Crippen molar-refractivity contribution in [2.75, 3.05) is 4.90 Å². The number of anilines is 3. The Balaban J connectivity index is 1.35. The first-order chi connectivity index (χ1) is 18.8. The van der Waals surface area contributed by atoms with E-state index in [4.69, 9.17) is 0 Å². The van der Waals surface area contributed by atoms with Crippen molar-refractivity contribution in [1.82, 2.24) is 0 Å². The second-order valence-electron chi connectivity index (χ2n) is 9.44. The Kier molecular flexibility index (Phi) is 5.73. The smallest absolute Gasteiger partial charge is 0.0468 e. The first kappa shape index (κ1) is 22.5. The molecule has 38 heavy (non-hydrogen) atoms.